The molecule has 0 saturated carbocycles. The predicted molar refractivity (Wildman–Crippen MR) is 75.7 cm³/mol. The number of carboxylic acid groups (broad SMARTS) is 1. The summed E-state index contributed by atoms with van der Waals surface area (Å²) in [6.07, 6.45) is 3.19. The molecule has 0 aromatic heterocycles. The number of unbranched alkanes of at least 4 members (excludes halogenated alkanes) is 1. The van der Waals surface area contributed by atoms with Crippen LogP contribution in [0.4, 0.5) is 4.79 Å². The molecule has 1 atom stereocenters. The number of nitrogens with zero attached hydrogens (tertiary/aromatic N) is 1. The van der Waals surface area contributed by atoms with Crippen molar-refractivity contribution in [2.45, 2.75) is 39.5 Å². The maximum atomic E-state index is 11.9. The van der Waals surface area contributed by atoms with E-state index in [0.717, 1.165) is 12.8 Å². The zero-order chi connectivity index (χ0) is 15.0. The van der Waals surface area contributed by atoms with E-state index in [9.17, 15) is 14.7 Å². The van der Waals surface area contributed by atoms with Crippen LogP contribution in [0.25, 0.3) is 0 Å². The minimum absolute atomic E-state index is 0.194. The van der Waals surface area contributed by atoms with Crippen LogP contribution in [0.3, 0.4) is 0 Å². The van der Waals surface area contributed by atoms with Crippen molar-refractivity contribution in [3.8, 4) is 0 Å². The Bertz CT molecular complexity index is 335. The van der Waals surface area contributed by atoms with Gasteiger partial charge < -0.3 is 20.1 Å². The van der Waals surface area contributed by atoms with Crippen LogP contribution in [0.15, 0.2) is 0 Å². The summed E-state index contributed by atoms with van der Waals surface area (Å²) < 4.78 is 5.36. The number of nitrogens with one attached hydrogen (secondary N) is 1. The summed E-state index contributed by atoms with van der Waals surface area (Å²) in [5.74, 6) is -0.807. The number of carbonyl (C=O) groups is 2. The maximum Gasteiger partial charge on any atom is 0.317 e. The van der Waals surface area contributed by atoms with Crippen molar-refractivity contribution < 1.29 is 19.4 Å². The zero-order valence-corrected chi connectivity index (χ0v) is 12.5. The third-order valence-electron chi connectivity index (χ3n) is 3.94. The average Bonchev–Trinajstić information content (AvgIpc) is 2.88. The molecule has 1 aliphatic rings. The number of carbonyl (C=O) groups excluding carboxylic acids is 1. The average molecular weight is 286 g/mol. The third kappa shape index (κ3) is 4.37. The van der Waals surface area contributed by atoms with Gasteiger partial charge in [-0.05, 0) is 19.3 Å². The molecule has 20 heavy (non-hydrogen) atoms. The summed E-state index contributed by atoms with van der Waals surface area (Å²) in [6.45, 7) is 6.43. The molecular weight excluding hydrogens is 260 g/mol. The summed E-state index contributed by atoms with van der Waals surface area (Å²) in [7, 11) is 0. The number of likely N-dealkylation sites (tertiary alicyclic amines) is 1. The van der Waals surface area contributed by atoms with Crippen molar-refractivity contribution in [1.29, 1.82) is 0 Å². The molecule has 0 radical (unpaired) electrons. The lowest BCUT2D eigenvalue weighted by molar-refractivity contribution is -0.148. The topological polar surface area (TPSA) is 78.9 Å². The second-order valence-corrected chi connectivity index (χ2v) is 5.31. The lowest BCUT2D eigenvalue weighted by Crippen LogP contribution is -2.42. The van der Waals surface area contributed by atoms with Crippen molar-refractivity contribution in [3.05, 3.63) is 0 Å². The van der Waals surface area contributed by atoms with Crippen LogP contribution in [-0.4, -0.2) is 54.9 Å². The molecule has 6 heteroatoms. The molecular formula is C14H26N2O4. The Morgan fingerprint density at radius 2 is 2.10 bits per heavy atom. The predicted octanol–water partition coefficient (Wildman–Crippen LogP) is 1.70. The fourth-order valence-electron chi connectivity index (χ4n) is 2.35. The summed E-state index contributed by atoms with van der Waals surface area (Å²) in [5.41, 5.74) is -0.769. The molecule has 0 aromatic rings. The van der Waals surface area contributed by atoms with Crippen LogP contribution in [0, 0.1) is 5.41 Å². The Kier molecular flexibility index (Phi) is 6.78. The van der Waals surface area contributed by atoms with Gasteiger partial charge in [0, 0.05) is 26.2 Å². The number of ether oxygens (including phenoxy) is 1. The molecule has 0 spiro atoms. The number of carboxylic acids is 1. The third-order valence-corrected chi connectivity index (χ3v) is 3.94. The van der Waals surface area contributed by atoms with E-state index in [1.807, 2.05) is 6.92 Å². The van der Waals surface area contributed by atoms with Crippen molar-refractivity contribution in [1.82, 2.24) is 10.2 Å². The molecule has 1 aliphatic heterocycles. The lowest BCUT2D eigenvalue weighted by Gasteiger charge is -2.23. The number of aliphatic carboxylic acids is 1. The normalized spacial score (nSPS) is 22.0. The Hall–Kier alpha value is -1.30. The van der Waals surface area contributed by atoms with Gasteiger partial charge in [0.2, 0.25) is 0 Å². The van der Waals surface area contributed by atoms with E-state index in [2.05, 4.69) is 12.2 Å². The van der Waals surface area contributed by atoms with Gasteiger partial charge in [0.15, 0.2) is 0 Å². The number of rotatable bonds is 8. The molecule has 0 aromatic carbocycles. The van der Waals surface area contributed by atoms with Crippen molar-refractivity contribution in [2.75, 3.05) is 32.8 Å². The molecule has 1 rings (SSSR count). The fraction of sp³-hybridized carbons (Fsp3) is 0.857. The molecule has 0 bridgehead atoms. The van der Waals surface area contributed by atoms with Crippen LogP contribution in [0.5, 0.6) is 0 Å². The first-order valence-electron chi connectivity index (χ1n) is 7.39. The first-order chi connectivity index (χ1) is 9.55. The van der Waals surface area contributed by atoms with Crippen molar-refractivity contribution in [3.63, 3.8) is 0 Å². The van der Waals surface area contributed by atoms with Crippen molar-refractivity contribution in [2.24, 2.45) is 5.41 Å². The molecule has 0 aliphatic carbocycles. The van der Waals surface area contributed by atoms with Crippen molar-refractivity contribution >= 4 is 12.0 Å². The number of amides is 2. The van der Waals surface area contributed by atoms with E-state index in [-0.39, 0.29) is 6.03 Å². The van der Waals surface area contributed by atoms with Crippen LogP contribution in [-0.2, 0) is 9.53 Å². The van der Waals surface area contributed by atoms with Crippen LogP contribution in [0.2, 0.25) is 0 Å². The quantitative estimate of drug-likeness (QED) is 0.666. The van der Waals surface area contributed by atoms with Gasteiger partial charge in [-0.2, -0.15) is 0 Å². The van der Waals surface area contributed by atoms with Gasteiger partial charge in [0.1, 0.15) is 0 Å². The van der Waals surface area contributed by atoms with Gasteiger partial charge in [0.25, 0.3) is 0 Å². The largest absolute Gasteiger partial charge is 0.481 e. The monoisotopic (exact) mass is 286 g/mol. The molecule has 1 saturated heterocycles. The Balaban J connectivity index is 2.27. The Morgan fingerprint density at radius 1 is 1.35 bits per heavy atom. The first-order valence-corrected chi connectivity index (χ1v) is 7.39. The van der Waals surface area contributed by atoms with E-state index in [1.54, 1.807) is 4.90 Å². The summed E-state index contributed by atoms with van der Waals surface area (Å²) in [6, 6.07) is -0.194. The molecule has 1 heterocycles. The Morgan fingerprint density at radius 3 is 2.65 bits per heavy atom. The number of urea groups is 1. The Labute approximate surface area is 120 Å². The highest BCUT2D eigenvalue weighted by Crippen LogP contribution is 2.34. The SMILES string of the molecule is CCCCOCCNC(=O)N1CCC(CC)(C(=O)O)C1. The number of hydrogen-bond acceptors (Lipinski definition) is 3. The second kappa shape index (κ2) is 8.09. The van der Waals surface area contributed by atoms with Crippen LogP contribution in [0.1, 0.15) is 39.5 Å². The minimum Gasteiger partial charge on any atom is -0.481 e. The minimum atomic E-state index is -0.807. The van der Waals surface area contributed by atoms with Gasteiger partial charge in [-0.1, -0.05) is 20.3 Å². The smallest absolute Gasteiger partial charge is 0.317 e. The first kappa shape index (κ1) is 16.8. The highest BCUT2D eigenvalue weighted by Gasteiger charge is 2.44. The van der Waals surface area contributed by atoms with E-state index in [1.165, 1.54) is 0 Å². The highest BCUT2D eigenvalue weighted by molar-refractivity contribution is 5.79. The van der Waals surface area contributed by atoms with E-state index in [4.69, 9.17) is 4.74 Å². The van der Waals surface area contributed by atoms with E-state index >= 15 is 0 Å². The van der Waals surface area contributed by atoms with Crippen LogP contribution >= 0.6 is 0 Å². The zero-order valence-electron chi connectivity index (χ0n) is 12.5. The molecule has 2 amide bonds. The summed E-state index contributed by atoms with van der Waals surface area (Å²) >= 11 is 0. The summed E-state index contributed by atoms with van der Waals surface area (Å²) in [5, 5.41) is 12.1. The molecule has 116 valence electrons. The van der Waals surface area contributed by atoms with E-state index < -0.39 is 11.4 Å². The van der Waals surface area contributed by atoms with Crippen LogP contribution < -0.4 is 5.32 Å². The maximum absolute atomic E-state index is 11.9. The molecule has 6 nitrogen and oxygen atoms in total. The van der Waals surface area contributed by atoms with Gasteiger partial charge in [0.05, 0.1) is 12.0 Å². The van der Waals surface area contributed by atoms with Gasteiger partial charge in [-0.3, -0.25) is 4.79 Å². The van der Waals surface area contributed by atoms with Gasteiger partial charge in [-0.25, -0.2) is 4.79 Å². The fourth-order valence-corrected chi connectivity index (χ4v) is 2.35. The van der Waals surface area contributed by atoms with Gasteiger partial charge in [-0.15, -0.1) is 0 Å². The molecule has 1 unspecified atom stereocenters. The lowest BCUT2D eigenvalue weighted by atomic mass is 9.84. The number of hydrogen-bond donors (Lipinski definition) is 2. The van der Waals surface area contributed by atoms with Gasteiger partial charge >= 0.3 is 12.0 Å². The van der Waals surface area contributed by atoms with E-state index in [0.29, 0.717) is 45.7 Å². The highest BCUT2D eigenvalue weighted by atomic mass is 16.5. The molecule has 1 fully saturated rings. The standard InChI is InChI=1S/C14H26N2O4/c1-3-5-9-20-10-7-15-13(19)16-8-6-14(4-2,11-16)12(17)18/h3-11H2,1-2H3,(H,15,19)(H,17,18). The second-order valence-electron chi connectivity index (χ2n) is 5.31. The summed E-state index contributed by atoms with van der Waals surface area (Å²) in [4.78, 5) is 24.8. The molecule has 2 N–H and O–H groups in total.